The highest BCUT2D eigenvalue weighted by Crippen LogP contribution is 2.34. The maximum atomic E-state index is 13.0. The molecule has 8 heteroatoms. The molecule has 1 amide bonds. The molecule has 0 spiro atoms. The van der Waals surface area contributed by atoms with Gasteiger partial charge in [-0.3, -0.25) is 4.79 Å². The van der Waals surface area contributed by atoms with E-state index in [9.17, 15) is 4.79 Å². The summed E-state index contributed by atoms with van der Waals surface area (Å²) < 4.78 is 1.99. The smallest absolute Gasteiger partial charge is 0.274 e. The minimum Gasteiger partial charge on any atom is -0.333 e. The largest absolute Gasteiger partial charge is 0.333 e. The Balaban J connectivity index is 1.30. The molecule has 0 atom stereocenters. The third-order valence-corrected chi connectivity index (χ3v) is 6.48. The van der Waals surface area contributed by atoms with Crippen LogP contribution in [-0.2, 0) is 6.54 Å². The molecule has 0 fully saturated rings. The lowest BCUT2D eigenvalue weighted by molar-refractivity contribution is 0.102. The number of pyridine rings is 2. The molecule has 0 bridgehead atoms. The van der Waals surface area contributed by atoms with Crippen LogP contribution in [0.2, 0.25) is 0 Å². The number of rotatable bonds is 5. The number of nitrogens with zero attached hydrogens (tertiary/aromatic N) is 5. The molecule has 6 rings (SSSR count). The SMILES string of the molecule is O=C(Nc1ccccc1-c1nc2cc(Cn3ccnc3)cnc2s1)c1ccc2ccccc2n1. The first-order valence-corrected chi connectivity index (χ1v) is 11.5. The van der Waals surface area contributed by atoms with Crippen LogP contribution in [0.3, 0.4) is 0 Å². The Hall–Kier alpha value is -4.43. The molecule has 0 unspecified atom stereocenters. The number of thiazole rings is 1. The van der Waals surface area contributed by atoms with E-state index in [0.717, 1.165) is 37.4 Å². The van der Waals surface area contributed by atoms with Crippen LogP contribution < -0.4 is 5.32 Å². The molecule has 0 radical (unpaired) electrons. The van der Waals surface area contributed by atoms with Crippen LogP contribution >= 0.6 is 11.3 Å². The van der Waals surface area contributed by atoms with Crippen LogP contribution in [0.25, 0.3) is 31.8 Å². The average Bonchev–Trinajstić information content (AvgIpc) is 3.53. The Labute approximate surface area is 198 Å². The molecule has 6 aromatic rings. The average molecular weight is 463 g/mol. The summed E-state index contributed by atoms with van der Waals surface area (Å²) in [4.78, 5) is 31.9. The minimum absolute atomic E-state index is 0.264. The Kier molecular flexibility index (Phi) is 5.04. The van der Waals surface area contributed by atoms with E-state index in [0.29, 0.717) is 17.9 Å². The molecule has 4 heterocycles. The van der Waals surface area contributed by atoms with Crippen LogP contribution in [0.4, 0.5) is 5.69 Å². The van der Waals surface area contributed by atoms with Gasteiger partial charge < -0.3 is 9.88 Å². The first-order valence-electron chi connectivity index (χ1n) is 10.7. The van der Waals surface area contributed by atoms with Gasteiger partial charge in [0, 0.05) is 29.5 Å². The number of nitrogens with one attached hydrogen (secondary N) is 1. The Bertz CT molecular complexity index is 1640. The highest BCUT2D eigenvalue weighted by atomic mass is 32.1. The topological polar surface area (TPSA) is 85.6 Å². The minimum atomic E-state index is -0.264. The summed E-state index contributed by atoms with van der Waals surface area (Å²) in [5.41, 5.74) is 4.55. The second kappa shape index (κ2) is 8.49. The molecule has 7 nitrogen and oxygen atoms in total. The number of para-hydroxylation sites is 2. The number of carbonyl (C=O) groups is 1. The summed E-state index contributed by atoms with van der Waals surface area (Å²) in [6, 6.07) is 21.1. The molecule has 1 N–H and O–H groups in total. The van der Waals surface area contributed by atoms with Crippen molar-refractivity contribution in [1.29, 1.82) is 0 Å². The molecule has 0 saturated heterocycles. The van der Waals surface area contributed by atoms with Gasteiger partial charge in [0.1, 0.15) is 21.0 Å². The van der Waals surface area contributed by atoms with Crippen molar-refractivity contribution in [3.8, 4) is 10.6 Å². The van der Waals surface area contributed by atoms with Crippen molar-refractivity contribution in [3.63, 3.8) is 0 Å². The van der Waals surface area contributed by atoms with Crippen LogP contribution in [0.15, 0.2) is 91.6 Å². The van der Waals surface area contributed by atoms with E-state index in [4.69, 9.17) is 4.98 Å². The van der Waals surface area contributed by atoms with Gasteiger partial charge in [-0.05, 0) is 35.9 Å². The Morgan fingerprint density at radius 2 is 1.85 bits per heavy atom. The standard InChI is InChI=1S/C26H18N6OS/c33-24(22-10-9-18-5-1-3-7-20(18)29-22)30-21-8-4-2-6-19(21)25-31-23-13-17(14-28-26(23)34-25)15-32-12-11-27-16-32/h1-14,16H,15H2,(H,30,33). The second-order valence-electron chi connectivity index (χ2n) is 7.81. The van der Waals surface area contributed by atoms with Crippen molar-refractivity contribution < 1.29 is 4.79 Å². The van der Waals surface area contributed by atoms with E-state index in [1.54, 1.807) is 18.6 Å². The molecule has 0 saturated carbocycles. The van der Waals surface area contributed by atoms with Gasteiger partial charge in [0.2, 0.25) is 0 Å². The Morgan fingerprint density at radius 1 is 0.971 bits per heavy atom. The van der Waals surface area contributed by atoms with Gasteiger partial charge in [0.15, 0.2) is 0 Å². The normalized spacial score (nSPS) is 11.2. The highest BCUT2D eigenvalue weighted by Gasteiger charge is 2.15. The summed E-state index contributed by atoms with van der Waals surface area (Å²) in [7, 11) is 0. The number of hydrogen-bond donors (Lipinski definition) is 1. The number of amides is 1. The molecule has 164 valence electrons. The van der Waals surface area contributed by atoms with Crippen LogP contribution in [0.1, 0.15) is 16.1 Å². The summed E-state index contributed by atoms with van der Waals surface area (Å²) in [5, 5.41) is 4.80. The molecule has 4 aromatic heterocycles. The lowest BCUT2D eigenvalue weighted by Gasteiger charge is -2.09. The Morgan fingerprint density at radius 3 is 2.76 bits per heavy atom. The van der Waals surface area contributed by atoms with Crippen LogP contribution in [0, 0.1) is 0 Å². The fourth-order valence-electron chi connectivity index (χ4n) is 3.82. The van der Waals surface area contributed by atoms with Crippen molar-refractivity contribution in [3.05, 3.63) is 103 Å². The molecular weight excluding hydrogens is 444 g/mol. The zero-order chi connectivity index (χ0) is 22.9. The lowest BCUT2D eigenvalue weighted by atomic mass is 10.1. The number of fused-ring (bicyclic) bond motifs is 2. The predicted octanol–water partition coefficient (Wildman–Crippen LogP) is 5.40. The van der Waals surface area contributed by atoms with E-state index < -0.39 is 0 Å². The number of benzene rings is 2. The fourth-order valence-corrected chi connectivity index (χ4v) is 4.74. The van der Waals surface area contributed by atoms with Gasteiger partial charge in [-0.15, -0.1) is 0 Å². The van der Waals surface area contributed by atoms with Crippen LogP contribution in [0.5, 0.6) is 0 Å². The maximum Gasteiger partial charge on any atom is 0.274 e. The van der Waals surface area contributed by atoms with Crippen LogP contribution in [-0.4, -0.2) is 30.4 Å². The third-order valence-electron chi connectivity index (χ3n) is 5.47. The maximum absolute atomic E-state index is 13.0. The first-order chi connectivity index (χ1) is 16.7. The number of anilines is 1. The monoisotopic (exact) mass is 462 g/mol. The highest BCUT2D eigenvalue weighted by molar-refractivity contribution is 7.21. The van der Waals surface area contributed by atoms with Gasteiger partial charge in [-0.1, -0.05) is 47.7 Å². The molecule has 34 heavy (non-hydrogen) atoms. The molecule has 0 aliphatic heterocycles. The van der Waals surface area contributed by atoms with E-state index in [2.05, 4.69) is 20.3 Å². The number of carbonyl (C=O) groups excluding carboxylic acids is 1. The van der Waals surface area contributed by atoms with Crippen molar-refractivity contribution in [2.45, 2.75) is 6.54 Å². The quantitative estimate of drug-likeness (QED) is 0.371. The van der Waals surface area contributed by atoms with E-state index in [1.165, 1.54) is 11.3 Å². The number of imidazole rings is 1. The van der Waals surface area contributed by atoms with Crippen molar-refractivity contribution in [2.24, 2.45) is 0 Å². The molecule has 2 aromatic carbocycles. The van der Waals surface area contributed by atoms with Crippen molar-refractivity contribution in [1.82, 2.24) is 24.5 Å². The molecule has 0 aliphatic carbocycles. The van der Waals surface area contributed by atoms with Gasteiger partial charge in [0.25, 0.3) is 5.91 Å². The van der Waals surface area contributed by atoms with Gasteiger partial charge >= 0.3 is 0 Å². The van der Waals surface area contributed by atoms with Gasteiger partial charge in [-0.25, -0.2) is 19.9 Å². The van der Waals surface area contributed by atoms with Crippen molar-refractivity contribution >= 4 is 44.2 Å². The summed E-state index contributed by atoms with van der Waals surface area (Å²) in [5.74, 6) is -0.264. The third kappa shape index (κ3) is 3.91. The predicted molar refractivity (Wildman–Crippen MR) is 134 cm³/mol. The zero-order valence-electron chi connectivity index (χ0n) is 17.9. The van der Waals surface area contributed by atoms with Gasteiger partial charge in [-0.2, -0.15) is 0 Å². The van der Waals surface area contributed by atoms with Gasteiger partial charge in [0.05, 0.1) is 24.1 Å². The zero-order valence-corrected chi connectivity index (χ0v) is 18.7. The second-order valence-corrected chi connectivity index (χ2v) is 8.79. The van der Waals surface area contributed by atoms with E-state index >= 15 is 0 Å². The molecular formula is C26H18N6OS. The van der Waals surface area contributed by atoms with E-state index in [1.807, 2.05) is 77.6 Å². The van der Waals surface area contributed by atoms with E-state index in [-0.39, 0.29) is 5.91 Å². The summed E-state index contributed by atoms with van der Waals surface area (Å²) >= 11 is 1.50. The summed E-state index contributed by atoms with van der Waals surface area (Å²) in [6.07, 6.45) is 7.31. The number of hydrogen-bond acceptors (Lipinski definition) is 6. The number of aromatic nitrogens is 5. The first kappa shape index (κ1) is 20.2. The lowest BCUT2D eigenvalue weighted by Crippen LogP contribution is -2.14. The van der Waals surface area contributed by atoms with Crippen molar-refractivity contribution in [2.75, 3.05) is 5.32 Å². The summed E-state index contributed by atoms with van der Waals surface area (Å²) in [6.45, 7) is 0.682. The molecule has 0 aliphatic rings. The fraction of sp³-hybridized carbons (Fsp3) is 0.0385.